The molecule has 1 amide bonds. The molecule has 5 nitrogen and oxygen atoms in total. The van der Waals surface area contributed by atoms with Gasteiger partial charge in [-0.15, -0.1) is 0 Å². The van der Waals surface area contributed by atoms with Crippen molar-refractivity contribution in [3.05, 3.63) is 58.6 Å². The minimum absolute atomic E-state index is 0.219. The second-order valence-electron chi connectivity index (χ2n) is 5.06. The molecule has 0 saturated carbocycles. The van der Waals surface area contributed by atoms with Crippen LogP contribution in [0.5, 0.6) is 5.75 Å². The molecule has 2 aromatic carbocycles. The molecule has 1 heterocycles. The van der Waals surface area contributed by atoms with Crippen LogP contribution in [0.15, 0.2) is 58.2 Å². The van der Waals surface area contributed by atoms with Gasteiger partial charge in [-0.05, 0) is 36.4 Å². The molecular formula is C17H15BrN2O3. The molecule has 3 rings (SSSR count). The van der Waals surface area contributed by atoms with Crippen LogP contribution in [0.25, 0.3) is 0 Å². The van der Waals surface area contributed by atoms with Crippen molar-refractivity contribution in [2.75, 3.05) is 12.4 Å². The molecule has 1 aliphatic rings. The number of nitrogens with zero attached hydrogens (tertiary/aromatic N) is 1. The van der Waals surface area contributed by atoms with Gasteiger partial charge in [-0.25, -0.2) is 0 Å². The lowest BCUT2D eigenvalue weighted by molar-refractivity contribution is -0.125. The minimum Gasteiger partial charge on any atom is -0.497 e. The van der Waals surface area contributed by atoms with E-state index in [4.69, 9.17) is 9.57 Å². The number of ether oxygens (including phenoxy) is 1. The summed E-state index contributed by atoms with van der Waals surface area (Å²) in [5, 5.41) is 6.85. The Labute approximate surface area is 142 Å². The monoisotopic (exact) mass is 374 g/mol. The average molecular weight is 375 g/mol. The smallest absolute Gasteiger partial charge is 0.268 e. The predicted octanol–water partition coefficient (Wildman–Crippen LogP) is 3.59. The highest BCUT2D eigenvalue weighted by molar-refractivity contribution is 9.10. The molecule has 0 aromatic heterocycles. The molecule has 0 saturated heterocycles. The van der Waals surface area contributed by atoms with E-state index in [1.54, 1.807) is 31.4 Å². The summed E-state index contributed by atoms with van der Waals surface area (Å²) < 4.78 is 6.05. The van der Waals surface area contributed by atoms with Crippen molar-refractivity contribution in [1.82, 2.24) is 0 Å². The Balaban J connectivity index is 1.62. The Hall–Kier alpha value is -2.34. The van der Waals surface area contributed by atoms with Crippen LogP contribution < -0.4 is 10.1 Å². The number of nitrogens with one attached hydrogen (secondary N) is 1. The number of methoxy groups -OCH3 is 1. The third kappa shape index (κ3) is 3.71. The zero-order chi connectivity index (χ0) is 16.2. The molecule has 0 fully saturated rings. The number of anilines is 1. The molecule has 2 aromatic rings. The zero-order valence-corrected chi connectivity index (χ0v) is 14.0. The van der Waals surface area contributed by atoms with Gasteiger partial charge in [0, 0.05) is 22.1 Å². The van der Waals surface area contributed by atoms with Gasteiger partial charge < -0.3 is 14.9 Å². The fourth-order valence-electron chi connectivity index (χ4n) is 2.25. The van der Waals surface area contributed by atoms with Gasteiger partial charge in [0.1, 0.15) is 5.75 Å². The average Bonchev–Trinajstić information content (AvgIpc) is 3.06. The number of hydrogen-bond donors (Lipinski definition) is 1. The molecule has 0 spiro atoms. The predicted molar refractivity (Wildman–Crippen MR) is 91.8 cm³/mol. The first-order valence-electron chi connectivity index (χ1n) is 7.09. The summed E-state index contributed by atoms with van der Waals surface area (Å²) in [5.41, 5.74) is 2.40. The van der Waals surface area contributed by atoms with Crippen LogP contribution in [0.3, 0.4) is 0 Å². The van der Waals surface area contributed by atoms with Gasteiger partial charge in [-0.1, -0.05) is 33.2 Å². The maximum absolute atomic E-state index is 12.3. The Kier molecular flexibility index (Phi) is 4.62. The van der Waals surface area contributed by atoms with Crippen molar-refractivity contribution in [3.63, 3.8) is 0 Å². The van der Waals surface area contributed by atoms with E-state index < -0.39 is 6.10 Å². The molecule has 1 unspecified atom stereocenters. The highest BCUT2D eigenvalue weighted by atomic mass is 79.9. The lowest BCUT2D eigenvalue weighted by atomic mass is 10.0. The number of benzene rings is 2. The van der Waals surface area contributed by atoms with Crippen LogP contribution in [-0.2, 0) is 9.63 Å². The van der Waals surface area contributed by atoms with Crippen LogP contribution >= 0.6 is 15.9 Å². The third-order valence-corrected chi connectivity index (χ3v) is 3.97. The fourth-order valence-corrected chi connectivity index (χ4v) is 2.65. The molecule has 0 radical (unpaired) electrons. The van der Waals surface area contributed by atoms with Gasteiger partial charge in [0.15, 0.2) is 0 Å². The second kappa shape index (κ2) is 6.83. The summed E-state index contributed by atoms with van der Waals surface area (Å²) in [6.45, 7) is 0. The lowest BCUT2D eigenvalue weighted by Gasteiger charge is -2.10. The Morgan fingerprint density at radius 3 is 2.78 bits per heavy atom. The van der Waals surface area contributed by atoms with Crippen molar-refractivity contribution in [2.45, 2.75) is 12.5 Å². The number of oxime groups is 1. The van der Waals surface area contributed by atoms with Crippen LogP contribution in [0.4, 0.5) is 5.69 Å². The van der Waals surface area contributed by atoms with Gasteiger partial charge >= 0.3 is 0 Å². The first-order valence-corrected chi connectivity index (χ1v) is 7.88. The first kappa shape index (κ1) is 15.6. The molecule has 1 N–H and O–H groups in total. The normalized spacial score (nSPS) is 16.4. The van der Waals surface area contributed by atoms with Gasteiger partial charge in [0.2, 0.25) is 6.10 Å². The van der Waals surface area contributed by atoms with Gasteiger partial charge in [0.05, 0.1) is 12.8 Å². The Bertz CT molecular complexity index is 744. The van der Waals surface area contributed by atoms with E-state index in [-0.39, 0.29) is 5.91 Å². The SMILES string of the molecule is COc1ccc(NC(=O)C2CC(c3cccc(Br)c3)=NO2)cc1. The summed E-state index contributed by atoms with van der Waals surface area (Å²) in [6, 6.07) is 14.9. The summed E-state index contributed by atoms with van der Waals surface area (Å²) in [4.78, 5) is 17.5. The Morgan fingerprint density at radius 1 is 1.30 bits per heavy atom. The van der Waals surface area contributed by atoms with Gasteiger partial charge in [0.25, 0.3) is 5.91 Å². The molecule has 118 valence electrons. The van der Waals surface area contributed by atoms with Crippen molar-refractivity contribution in [3.8, 4) is 5.75 Å². The quantitative estimate of drug-likeness (QED) is 0.889. The van der Waals surface area contributed by atoms with Gasteiger partial charge in [-0.3, -0.25) is 4.79 Å². The molecular weight excluding hydrogens is 360 g/mol. The number of carbonyl (C=O) groups excluding carboxylic acids is 1. The van der Waals surface area contributed by atoms with Gasteiger partial charge in [-0.2, -0.15) is 0 Å². The molecule has 6 heteroatoms. The van der Waals surface area contributed by atoms with E-state index in [0.717, 1.165) is 21.5 Å². The molecule has 1 aliphatic heterocycles. The van der Waals surface area contributed by atoms with Crippen LogP contribution in [-0.4, -0.2) is 24.8 Å². The van der Waals surface area contributed by atoms with E-state index in [0.29, 0.717) is 12.1 Å². The van der Waals surface area contributed by atoms with E-state index >= 15 is 0 Å². The van der Waals surface area contributed by atoms with Crippen LogP contribution in [0, 0.1) is 0 Å². The summed E-state index contributed by atoms with van der Waals surface area (Å²) >= 11 is 3.42. The maximum Gasteiger partial charge on any atom is 0.268 e. The highest BCUT2D eigenvalue weighted by Crippen LogP contribution is 2.21. The van der Waals surface area contributed by atoms with E-state index in [9.17, 15) is 4.79 Å². The Morgan fingerprint density at radius 2 is 2.09 bits per heavy atom. The second-order valence-corrected chi connectivity index (χ2v) is 5.98. The fraction of sp³-hybridized carbons (Fsp3) is 0.176. The van der Waals surface area contributed by atoms with Crippen molar-refractivity contribution >= 4 is 33.2 Å². The largest absolute Gasteiger partial charge is 0.497 e. The van der Waals surface area contributed by atoms with E-state index in [2.05, 4.69) is 26.4 Å². The number of rotatable bonds is 4. The number of halogens is 1. The van der Waals surface area contributed by atoms with Crippen LogP contribution in [0.1, 0.15) is 12.0 Å². The minimum atomic E-state index is -0.619. The number of carbonyl (C=O) groups is 1. The summed E-state index contributed by atoms with van der Waals surface area (Å²) in [6.07, 6.45) is -0.176. The molecule has 1 atom stereocenters. The summed E-state index contributed by atoms with van der Waals surface area (Å²) in [7, 11) is 1.60. The highest BCUT2D eigenvalue weighted by Gasteiger charge is 2.29. The zero-order valence-electron chi connectivity index (χ0n) is 12.5. The number of hydrogen-bond acceptors (Lipinski definition) is 4. The molecule has 0 bridgehead atoms. The topological polar surface area (TPSA) is 59.9 Å². The standard InChI is InChI=1S/C17H15BrN2O3/c1-22-14-7-5-13(6-8-14)19-17(21)16-10-15(20-23-16)11-3-2-4-12(18)9-11/h2-9,16H,10H2,1H3,(H,19,21). The first-order chi connectivity index (χ1) is 11.2. The molecule has 0 aliphatic carbocycles. The van der Waals surface area contributed by atoms with Crippen molar-refractivity contribution in [1.29, 1.82) is 0 Å². The van der Waals surface area contributed by atoms with Crippen molar-refractivity contribution < 1.29 is 14.4 Å². The summed E-state index contributed by atoms with van der Waals surface area (Å²) in [5.74, 6) is 0.518. The van der Waals surface area contributed by atoms with Crippen molar-refractivity contribution in [2.24, 2.45) is 5.16 Å². The van der Waals surface area contributed by atoms with E-state index in [1.165, 1.54) is 0 Å². The van der Waals surface area contributed by atoms with Crippen LogP contribution in [0.2, 0.25) is 0 Å². The lowest BCUT2D eigenvalue weighted by Crippen LogP contribution is -2.28. The maximum atomic E-state index is 12.3. The third-order valence-electron chi connectivity index (χ3n) is 3.48. The molecule has 23 heavy (non-hydrogen) atoms. The van der Waals surface area contributed by atoms with E-state index in [1.807, 2.05) is 24.3 Å². The number of amides is 1.